The van der Waals surface area contributed by atoms with E-state index in [2.05, 4.69) is 4.98 Å². The van der Waals surface area contributed by atoms with Crippen molar-refractivity contribution in [2.45, 2.75) is 45.7 Å². The zero-order chi connectivity index (χ0) is 25.0. The molecule has 0 saturated heterocycles. The molecule has 9 heteroatoms. The van der Waals surface area contributed by atoms with Gasteiger partial charge < -0.3 is 9.30 Å². The molecule has 0 unspecified atom stereocenters. The highest BCUT2D eigenvalue weighted by Gasteiger charge is 2.31. The van der Waals surface area contributed by atoms with Crippen molar-refractivity contribution in [1.82, 2.24) is 13.9 Å². The molecule has 0 bridgehead atoms. The number of rotatable bonds is 9. The molecule has 3 rings (SSSR count). The van der Waals surface area contributed by atoms with Crippen LogP contribution in [0, 0.1) is 20.8 Å². The number of hydrogen-bond donors (Lipinski definition) is 0. The molecule has 0 spiro atoms. The molecule has 3 aromatic rings. The van der Waals surface area contributed by atoms with Crippen LogP contribution in [0.15, 0.2) is 53.7 Å². The van der Waals surface area contributed by atoms with E-state index in [1.165, 1.54) is 19.2 Å². The molecular formula is C25H29N3O5S. The van der Waals surface area contributed by atoms with E-state index in [4.69, 9.17) is 4.74 Å². The second-order valence-corrected chi connectivity index (χ2v) is 9.97. The van der Waals surface area contributed by atoms with Crippen LogP contribution in [0.3, 0.4) is 0 Å². The van der Waals surface area contributed by atoms with Crippen molar-refractivity contribution in [3.8, 4) is 0 Å². The first-order chi connectivity index (χ1) is 16.1. The van der Waals surface area contributed by atoms with Crippen molar-refractivity contribution >= 4 is 21.8 Å². The van der Waals surface area contributed by atoms with E-state index >= 15 is 0 Å². The van der Waals surface area contributed by atoms with Crippen molar-refractivity contribution in [2.75, 3.05) is 13.7 Å². The fourth-order valence-corrected chi connectivity index (χ4v) is 5.46. The highest BCUT2D eigenvalue weighted by molar-refractivity contribution is 7.89. The van der Waals surface area contributed by atoms with Crippen LogP contribution in [0.1, 0.15) is 50.2 Å². The second-order valence-electron chi connectivity index (χ2n) is 8.03. The number of ketones is 1. The summed E-state index contributed by atoms with van der Waals surface area (Å²) in [5.74, 6) is -0.931. The fourth-order valence-electron chi connectivity index (χ4n) is 4.08. The van der Waals surface area contributed by atoms with Gasteiger partial charge in [-0.15, -0.1) is 0 Å². The van der Waals surface area contributed by atoms with Gasteiger partial charge in [-0.3, -0.25) is 9.78 Å². The Balaban J connectivity index is 2.05. The number of ether oxygens (including phenoxy) is 1. The summed E-state index contributed by atoms with van der Waals surface area (Å²) >= 11 is 0. The Hall–Kier alpha value is -3.30. The minimum absolute atomic E-state index is 0.000903. The molecule has 0 amide bonds. The average Bonchev–Trinajstić information content (AvgIpc) is 3.08. The summed E-state index contributed by atoms with van der Waals surface area (Å²) in [5, 5.41) is 0. The number of hydrogen-bond acceptors (Lipinski definition) is 6. The molecule has 0 aliphatic heterocycles. The fraction of sp³-hybridized carbons (Fsp3) is 0.320. The quantitative estimate of drug-likeness (QED) is 0.340. The molecule has 0 aliphatic rings. The topological polar surface area (TPSA) is 98.6 Å². The van der Waals surface area contributed by atoms with Gasteiger partial charge in [0.05, 0.1) is 18.6 Å². The minimum Gasteiger partial charge on any atom is -0.464 e. The lowest BCUT2D eigenvalue weighted by atomic mass is 10.1. The van der Waals surface area contributed by atoms with Gasteiger partial charge in [-0.2, -0.15) is 4.31 Å². The number of carbonyl (C=O) groups excluding carboxylic acids is 2. The second kappa shape index (κ2) is 10.3. The third-order valence-electron chi connectivity index (χ3n) is 5.83. The summed E-state index contributed by atoms with van der Waals surface area (Å²) < 4.78 is 34.9. The number of aryl methyl sites for hydroxylation is 1. The van der Waals surface area contributed by atoms with Gasteiger partial charge in [-0.25, -0.2) is 13.2 Å². The molecule has 8 nitrogen and oxygen atoms in total. The van der Waals surface area contributed by atoms with E-state index in [0.717, 1.165) is 9.87 Å². The summed E-state index contributed by atoms with van der Waals surface area (Å²) in [6, 6.07) is 9.93. The maximum absolute atomic E-state index is 13.5. The molecule has 34 heavy (non-hydrogen) atoms. The smallest absolute Gasteiger partial charge is 0.354 e. The number of aromatic nitrogens is 2. The lowest BCUT2D eigenvalue weighted by molar-refractivity contribution is 0.0587. The standard InChI is InChI=1S/C25H29N3O5S/c1-6-28-19(4)23(18(3)24(28)25(30)33-5)22(29)16-27(15-20-11-13-26-14-12-20)34(31,32)21-9-7-17(2)8-10-21/h7-14H,6,15-16H2,1-5H3. The van der Waals surface area contributed by atoms with Crippen LogP contribution in [0.5, 0.6) is 0 Å². The summed E-state index contributed by atoms with van der Waals surface area (Å²) in [6.07, 6.45) is 3.15. The molecule has 180 valence electrons. The Morgan fingerprint density at radius 1 is 1.03 bits per heavy atom. The van der Waals surface area contributed by atoms with Crippen LogP contribution in [-0.4, -0.2) is 47.7 Å². The zero-order valence-corrected chi connectivity index (χ0v) is 20.8. The summed E-state index contributed by atoms with van der Waals surface area (Å²) in [6.45, 7) is 7.25. The summed E-state index contributed by atoms with van der Waals surface area (Å²) in [4.78, 5) is 30.0. The molecule has 0 atom stereocenters. The number of esters is 1. The van der Waals surface area contributed by atoms with Gasteiger partial charge in [0, 0.05) is 36.7 Å². The molecule has 0 saturated carbocycles. The number of carbonyl (C=O) groups is 2. The Bertz CT molecular complexity index is 1300. The molecule has 0 N–H and O–H groups in total. The minimum atomic E-state index is -3.98. The average molecular weight is 484 g/mol. The lowest BCUT2D eigenvalue weighted by Crippen LogP contribution is -2.35. The highest BCUT2D eigenvalue weighted by Crippen LogP contribution is 2.26. The van der Waals surface area contributed by atoms with Crippen molar-refractivity contribution in [3.63, 3.8) is 0 Å². The van der Waals surface area contributed by atoms with Crippen LogP contribution in [0.4, 0.5) is 0 Å². The zero-order valence-electron chi connectivity index (χ0n) is 20.0. The van der Waals surface area contributed by atoms with Crippen molar-refractivity contribution in [2.24, 2.45) is 0 Å². The van der Waals surface area contributed by atoms with E-state index in [0.29, 0.717) is 34.6 Å². The highest BCUT2D eigenvalue weighted by atomic mass is 32.2. The van der Waals surface area contributed by atoms with Crippen LogP contribution >= 0.6 is 0 Å². The van der Waals surface area contributed by atoms with Gasteiger partial charge in [0.2, 0.25) is 10.0 Å². The number of methoxy groups -OCH3 is 1. The van der Waals surface area contributed by atoms with Crippen molar-refractivity contribution in [1.29, 1.82) is 0 Å². The Kier molecular flexibility index (Phi) is 7.68. The van der Waals surface area contributed by atoms with Crippen LogP contribution in [0.25, 0.3) is 0 Å². The van der Waals surface area contributed by atoms with Crippen molar-refractivity contribution in [3.05, 3.63) is 82.4 Å². The van der Waals surface area contributed by atoms with E-state index in [1.807, 2.05) is 13.8 Å². The van der Waals surface area contributed by atoms with Gasteiger partial charge in [-0.05, 0) is 63.1 Å². The molecule has 2 heterocycles. The van der Waals surface area contributed by atoms with Gasteiger partial charge >= 0.3 is 5.97 Å². The Morgan fingerprint density at radius 3 is 2.21 bits per heavy atom. The number of Topliss-reactive ketones (excluding diaryl/α,β-unsaturated/α-hetero) is 1. The first-order valence-corrected chi connectivity index (χ1v) is 12.3. The van der Waals surface area contributed by atoms with Gasteiger partial charge in [0.1, 0.15) is 5.69 Å². The Labute approximate surface area is 200 Å². The molecule has 0 fully saturated rings. The third-order valence-corrected chi connectivity index (χ3v) is 7.63. The first kappa shape index (κ1) is 25.3. The van der Waals surface area contributed by atoms with Crippen molar-refractivity contribution < 1.29 is 22.7 Å². The third kappa shape index (κ3) is 4.95. The molecular weight excluding hydrogens is 454 g/mol. The summed E-state index contributed by atoms with van der Waals surface area (Å²) in [7, 11) is -2.69. The number of sulfonamides is 1. The monoisotopic (exact) mass is 483 g/mol. The van der Waals surface area contributed by atoms with E-state index in [1.54, 1.807) is 55.1 Å². The summed E-state index contributed by atoms with van der Waals surface area (Å²) in [5.41, 5.74) is 3.34. The van der Waals surface area contributed by atoms with E-state index in [-0.39, 0.29) is 18.0 Å². The maximum Gasteiger partial charge on any atom is 0.354 e. The molecule has 1 aromatic carbocycles. The number of benzene rings is 1. The predicted molar refractivity (Wildman–Crippen MR) is 128 cm³/mol. The normalized spacial score (nSPS) is 11.6. The van der Waals surface area contributed by atoms with Crippen LogP contribution in [0.2, 0.25) is 0 Å². The largest absolute Gasteiger partial charge is 0.464 e. The molecule has 2 aromatic heterocycles. The Morgan fingerprint density at radius 2 is 1.65 bits per heavy atom. The van der Waals surface area contributed by atoms with Gasteiger partial charge in [-0.1, -0.05) is 17.7 Å². The van der Waals surface area contributed by atoms with Gasteiger partial charge in [0.15, 0.2) is 5.78 Å². The SMILES string of the molecule is CCn1c(C)c(C(=O)CN(Cc2ccncc2)S(=O)(=O)c2ccc(C)cc2)c(C)c1C(=O)OC. The van der Waals surface area contributed by atoms with Crippen LogP contribution < -0.4 is 0 Å². The number of pyridine rings is 1. The van der Waals surface area contributed by atoms with E-state index in [9.17, 15) is 18.0 Å². The maximum atomic E-state index is 13.5. The first-order valence-electron chi connectivity index (χ1n) is 10.9. The van der Waals surface area contributed by atoms with Crippen LogP contribution in [-0.2, 0) is 27.8 Å². The number of nitrogens with zero attached hydrogens (tertiary/aromatic N) is 3. The predicted octanol–water partition coefficient (Wildman–Crippen LogP) is 3.69. The molecule has 0 aliphatic carbocycles. The van der Waals surface area contributed by atoms with E-state index < -0.39 is 21.8 Å². The molecule has 0 radical (unpaired) electrons. The lowest BCUT2D eigenvalue weighted by Gasteiger charge is -2.22. The van der Waals surface area contributed by atoms with Gasteiger partial charge in [0.25, 0.3) is 0 Å².